The van der Waals surface area contributed by atoms with E-state index in [2.05, 4.69) is 5.32 Å². The Bertz CT molecular complexity index is 440. The lowest BCUT2D eigenvalue weighted by atomic mass is 10.1. The van der Waals surface area contributed by atoms with Crippen LogP contribution in [0.1, 0.15) is 12.8 Å². The summed E-state index contributed by atoms with van der Waals surface area (Å²) in [5, 5.41) is 3.34. The minimum Gasteiger partial charge on any atom is -0.348 e. The van der Waals surface area contributed by atoms with Gasteiger partial charge in [0.1, 0.15) is 11.6 Å². The Labute approximate surface area is 105 Å². The second-order valence-corrected chi connectivity index (χ2v) is 4.32. The Morgan fingerprint density at radius 2 is 1.94 bits per heavy atom. The van der Waals surface area contributed by atoms with E-state index < -0.39 is 0 Å². The molecular formula is C12H13FN2OS. The molecule has 0 spiro atoms. The van der Waals surface area contributed by atoms with Gasteiger partial charge in [-0.15, -0.1) is 0 Å². The molecule has 3 nitrogen and oxygen atoms in total. The van der Waals surface area contributed by atoms with Crippen molar-refractivity contribution in [3.63, 3.8) is 0 Å². The van der Waals surface area contributed by atoms with Crippen molar-refractivity contribution >= 4 is 28.8 Å². The van der Waals surface area contributed by atoms with Crippen LogP contribution < -0.4 is 5.32 Å². The zero-order chi connectivity index (χ0) is 12.3. The molecule has 0 amide bonds. The van der Waals surface area contributed by atoms with E-state index in [1.54, 1.807) is 18.2 Å². The van der Waals surface area contributed by atoms with Crippen LogP contribution >= 0.6 is 12.2 Å². The molecular weight excluding hydrogens is 239 g/mol. The molecule has 0 atom stereocenters. The summed E-state index contributed by atoms with van der Waals surface area (Å²) >= 11 is 5.19. The number of hydrogen-bond donors (Lipinski definition) is 1. The standard InChI is InChI=1S/C12H13FN2OS/c13-10-3-1-2-4-11(10)14-12(17)15-7-5-9(16)6-8-15/h1-4H,5-8H2,(H,14,17). The fraction of sp³-hybridized carbons (Fsp3) is 0.333. The van der Waals surface area contributed by atoms with Crippen molar-refractivity contribution in [3.8, 4) is 0 Å². The predicted molar refractivity (Wildman–Crippen MR) is 68.4 cm³/mol. The van der Waals surface area contributed by atoms with Gasteiger partial charge < -0.3 is 10.2 Å². The number of hydrogen-bond acceptors (Lipinski definition) is 2. The molecule has 0 aromatic heterocycles. The van der Waals surface area contributed by atoms with Crippen LogP contribution in [-0.4, -0.2) is 28.9 Å². The van der Waals surface area contributed by atoms with Gasteiger partial charge in [0.15, 0.2) is 5.11 Å². The molecule has 1 saturated heterocycles. The van der Waals surface area contributed by atoms with E-state index in [-0.39, 0.29) is 11.6 Å². The third kappa shape index (κ3) is 3.00. The lowest BCUT2D eigenvalue weighted by Gasteiger charge is -2.28. The van der Waals surface area contributed by atoms with Gasteiger partial charge in [-0.3, -0.25) is 4.79 Å². The Morgan fingerprint density at radius 3 is 2.59 bits per heavy atom. The van der Waals surface area contributed by atoms with E-state index in [4.69, 9.17) is 12.2 Å². The maximum absolute atomic E-state index is 13.4. The molecule has 1 aromatic rings. The minimum atomic E-state index is -0.331. The maximum atomic E-state index is 13.4. The molecule has 1 aliphatic heterocycles. The van der Waals surface area contributed by atoms with Crippen molar-refractivity contribution in [1.82, 2.24) is 4.90 Å². The van der Waals surface area contributed by atoms with Gasteiger partial charge in [-0.05, 0) is 24.4 Å². The van der Waals surface area contributed by atoms with Gasteiger partial charge in [-0.1, -0.05) is 12.1 Å². The van der Waals surface area contributed by atoms with E-state index in [1.165, 1.54) is 6.07 Å². The highest BCUT2D eigenvalue weighted by Crippen LogP contribution is 2.14. The van der Waals surface area contributed by atoms with Crippen LogP contribution in [0.5, 0.6) is 0 Å². The van der Waals surface area contributed by atoms with Crippen molar-refractivity contribution < 1.29 is 9.18 Å². The summed E-state index contributed by atoms with van der Waals surface area (Å²) in [5.41, 5.74) is 0.370. The minimum absolute atomic E-state index is 0.259. The van der Waals surface area contributed by atoms with Gasteiger partial charge in [0.2, 0.25) is 0 Å². The molecule has 0 bridgehead atoms. The predicted octanol–water partition coefficient (Wildman–Crippen LogP) is 2.19. The molecule has 0 radical (unpaired) electrons. The number of rotatable bonds is 1. The second-order valence-electron chi connectivity index (χ2n) is 3.94. The number of nitrogens with zero attached hydrogens (tertiary/aromatic N) is 1. The van der Waals surface area contributed by atoms with Crippen molar-refractivity contribution in [3.05, 3.63) is 30.1 Å². The van der Waals surface area contributed by atoms with Gasteiger partial charge in [0.05, 0.1) is 5.69 Å². The molecule has 5 heteroatoms. The van der Waals surface area contributed by atoms with E-state index in [0.717, 1.165) is 0 Å². The molecule has 1 N–H and O–H groups in total. The lowest BCUT2D eigenvalue weighted by Crippen LogP contribution is -2.41. The summed E-state index contributed by atoms with van der Waals surface area (Å²) < 4.78 is 13.4. The fourth-order valence-corrected chi connectivity index (χ4v) is 2.01. The summed E-state index contributed by atoms with van der Waals surface area (Å²) in [6.07, 6.45) is 1.03. The van der Waals surface area contributed by atoms with Gasteiger partial charge >= 0.3 is 0 Å². The molecule has 1 aromatic carbocycles. The zero-order valence-corrected chi connectivity index (χ0v) is 10.1. The van der Waals surface area contributed by atoms with Crippen LogP contribution in [0, 0.1) is 5.82 Å². The first-order chi connectivity index (χ1) is 8.16. The Hall–Kier alpha value is -1.49. The number of likely N-dealkylation sites (tertiary alicyclic amines) is 1. The van der Waals surface area contributed by atoms with Gasteiger partial charge in [0, 0.05) is 25.9 Å². The Morgan fingerprint density at radius 1 is 1.29 bits per heavy atom. The Kier molecular flexibility index (Phi) is 3.68. The number of ketones is 1. The van der Waals surface area contributed by atoms with Crippen LogP contribution in [0.15, 0.2) is 24.3 Å². The van der Waals surface area contributed by atoms with E-state index in [9.17, 15) is 9.18 Å². The van der Waals surface area contributed by atoms with Crippen LogP contribution in [0.2, 0.25) is 0 Å². The number of anilines is 1. The highest BCUT2D eigenvalue weighted by Gasteiger charge is 2.18. The largest absolute Gasteiger partial charge is 0.348 e. The zero-order valence-electron chi connectivity index (χ0n) is 9.28. The van der Waals surface area contributed by atoms with Crippen LogP contribution in [-0.2, 0) is 4.79 Å². The average molecular weight is 252 g/mol. The molecule has 1 fully saturated rings. The number of halogens is 1. The average Bonchev–Trinajstić information content (AvgIpc) is 2.33. The number of nitrogens with one attached hydrogen (secondary N) is 1. The van der Waals surface area contributed by atoms with Gasteiger partial charge in [-0.25, -0.2) is 4.39 Å². The van der Waals surface area contributed by atoms with E-state index in [1.807, 2.05) is 4.90 Å². The number of carbonyl (C=O) groups excluding carboxylic acids is 1. The highest BCUT2D eigenvalue weighted by atomic mass is 32.1. The molecule has 2 rings (SSSR count). The van der Waals surface area contributed by atoms with Crippen molar-refractivity contribution in [1.29, 1.82) is 0 Å². The fourth-order valence-electron chi connectivity index (χ4n) is 1.72. The van der Waals surface area contributed by atoms with Crippen LogP contribution in [0.4, 0.5) is 10.1 Å². The molecule has 0 saturated carbocycles. The van der Waals surface area contributed by atoms with Gasteiger partial charge in [-0.2, -0.15) is 0 Å². The number of thiocarbonyl (C=S) groups is 1. The van der Waals surface area contributed by atoms with Crippen molar-refractivity contribution in [2.45, 2.75) is 12.8 Å². The number of carbonyl (C=O) groups is 1. The summed E-state index contributed by atoms with van der Waals surface area (Å²) in [4.78, 5) is 13.0. The summed E-state index contributed by atoms with van der Waals surface area (Å²) in [6, 6.07) is 6.39. The number of piperidine rings is 1. The summed E-state index contributed by atoms with van der Waals surface area (Å²) in [6.45, 7) is 1.22. The monoisotopic (exact) mass is 252 g/mol. The first-order valence-corrected chi connectivity index (χ1v) is 5.90. The number of para-hydroxylation sites is 1. The SMILES string of the molecule is O=C1CCN(C(=S)Nc2ccccc2F)CC1. The summed E-state index contributed by atoms with van der Waals surface area (Å²) in [7, 11) is 0. The first-order valence-electron chi connectivity index (χ1n) is 5.49. The molecule has 1 heterocycles. The third-order valence-electron chi connectivity index (χ3n) is 2.72. The van der Waals surface area contributed by atoms with Crippen molar-refractivity contribution in [2.24, 2.45) is 0 Å². The highest BCUT2D eigenvalue weighted by molar-refractivity contribution is 7.80. The smallest absolute Gasteiger partial charge is 0.173 e. The normalized spacial score (nSPS) is 15.8. The molecule has 17 heavy (non-hydrogen) atoms. The van der Waals surface area contributed by atoms with E-state index >= 15 is 0 Å². The summed E-state index contributed by atoms with van der Waals surface area (Å²) in [5.74, 6) is -0.0714. The molecule has 0 aliphatic carbocycles. The van der Waals surface area contributed by atoms with Crippen LogP contribution in [0.3, 0.4) is 0 Å². The first kappa shape index (κ1) is 12.0. The van der Waals surface area contributed by atoms with Crippen LogP contribution in [0.25, 0.3) is 0 Å². The lowest BCUT2D eigenvalue weighted by molar-refractivity contribution is -0.120. The number of Topliss-reactive ketones (excluding diaryl/α,β-unsaturated/α-hetero) is 1. The van der Waals surface area contributed by atoms with E-state index in [0.29, 0.717) is 36.7 Å². The maximum Gasteiger partial charge on any atom is 0.173 e. The topological polar surface area (TPSA) is 32.3 Å². The molecule has 0 unspecified atom stereocenters. The number of benzene rings is 1. The second kappa shape index (κ2) is 5.23. The third-order valence-corrected chi connectivity index (χ3v) is 3.08. The quantitative estimate of drug-likeness (QED) is 0.777. The molecule has 90 valence electrons. The Balaban J connectivity index is 1.98. The van der Waals surface area contributed by atoms with Gasteiger partial charge in [0.25, 0.3) is 0 Å². The van der Waals surface area contributed by atoms with Crippen molar-refractivity contribution in [2.75, 3.05) is 18.4 Å². The molecule has 1 aliphatic rings.